The van der Waals surface area contributed by atoms with Crippen LogP contribution in [0.1, 0.15) is 31.5 Å². The fourth-order valence-corrected chi connectivity index (χ4v) is 1.33. The second-order valence-electron chi connectivity index (χ2n) is 2.71. The molecule has 0 aromatic carbocycles. The van der Waals surface area contributed by atoms with Crippen LogP contribution in [0.3, 0.4) is 0 Å². The maximum atomic E-state index is 4.22. The standard InChI is InChI=1S/C9H10N2.C2H6/c1-2-4-8-6-10-7-11-9(8)5-3-1;1-2/h1,3,6-7H,2,4-5H2;1-2H3. The molecule has 0 unspecified atom stereocenters. The van der Waals surface area contributed by atoms with Gasteiger partial charge in [-0.1, -0.05) is 26.0 Å². The highest BCUT2D eigenvalue weighted by Gasteiger charge is 2.03. The van der Waals surface area contributed by atoms with E-state index in [1.807, 2.05) is 20.0 Å². The summed E-state index contributed by atoms with van der Waals surface area (Å²) in [5.41, 5.74) is 2.49. The van der Waals surface area contributed by atoms with Gasteiger partial charge in [-0.05, 0) is 18.4 Å². The summed E-state index contributed by atoms with van der Waals surface area (Å²) in [4.78, 5) is 8.22. The van der Waals surface area contributed by atoms with Crippen LogP contribution in [-0.4, -0.2) is 9.97 Å². The minimum absolute atomic E-state index is 0.970. The number of fused-ring (bicyclic) bond motifs is 1. The first-order chi connectivity index (χ1) is 6.47. The predicted molar refractivity (Wildman–Crippen MR) is 54.5 cm³/mol. The molecule has 0 fully saturated rings. The number of rotatable bonds is 0. The first-order valence-electron chi connectivity index (χ1n) is 4.89. The summed E-state index contributed by atoms with van der Waals surface area (Å²) >= 11 is 0. The zero-order chi connectivity index (χ0) is 9.52. The third-order valence-corrected chi connectivity index (χ3v) is 1.94. The smallest absolute Gasteiger partial charge is 0.115 e. The van der Waals surface area contributed by atoms with Crippen molar-refractivity contribution in [3.05, 3.63) is 35.9 Å². The third kappa shape index (κ3) is 2.65. The molecule has 0 atom stereocenters. The Morgan fingerprint density at radius 1 is 1.23 bits per heavy atom. The Kier molecular flexibility index (Phi) is 4.16. The van der Waals surface area contributed by atoms with Crippen molar-refractivity contribution in [2.45, 2.75) is 33.1 Å². The van der Waals surface area contributed by atoms with E-state index in [4.69, 9.17) is 0 Å². The molecular weight excluding hydrogens is 160 g/mol. The lowest BCUT2D eigenvalue weighted by Gasteiger charge is -2.00. The van der Waals surface area contributed by atoms with Crippen LogP contribution in [0, 0.1) is 0 Å². The molecule has 2 rings (SSSR count). The molecule has 1 aliphatic rings. The van der Waals surface area contributed by atoms with Crippen LogP contribution in [0.2, 0.25) is 0 Å². The lowest BCUT2D eigenvalue weighted by molar-refractivity contribution is 0.939. The SMILES string of the molecule is C1=CCc2ncncc2CC1.CC. The molecule has 0 amide bonds. The Bertz CT molecular complexity index is 279. The van der Waals surface area contributed by atoms with Gasteiger partial charge in [-0.25, -0.2) is 9.97 Å². The second kappa shape index (κ2) is 5.46. The van der Waals surface area contributed by atoms with Crippen LogP contribution < -0.4 is 0 Å². The molecule has 1 aromatic rings. The van der Waals surface area contributed by atoms with E-state index in [2.05, 4.69) is 22.1 Å². The summed E-state index contributed by atoms with van der Waals surface area (Å²) in [5, 5.41) is 0. The zero-order valence-corrected chi connectivity index (χ0v) is 8.33. The quantitative estimate of drug-likeness (QED) is 0.568. The Labute approximate surface area is 79.7 Å². The fourth-order valence-electron chi connectivity index (χ4n) is 1.33. The van der Waals surface area contributed by atoms with E-state index in [1.165, 1.54) is 11.3 Å². The van der Waals surface area contributed by atoms with E-state index in [0.717, 1.165) is 19.3 Å². The Morgan fingerprint density at radius 3 is 2.92 bits per heavy atom. The third-order valence-electron chi connectivity index (χ3n) is 1.94. The van der Waals surface area contributed by atoms with Gasteiger partial charge in [0.15, 0.2) is 0 Å². The van der Waals surface area contributed by atoms with Crippen LogP contribution >= 0.6 is 0 Å². The van der Waals surface area contributed by atoms with E-state index >= 15 is 0 Å². The van der Waals surface area contributed by atoms with Crippen molar-refractivity contribution in [1.29, 1.82) is 0 Å². The largest absolute Gasteiger partial charge is 0.245 e. The minimum atomic E-state index is 0.970. The molecule has 13 heavy (non-hydrogen) atoms. The number of allylic oxidation sites excluding steroid dienone is 2. The van der Waals surface area contributed by atoms with Gasteiger partial charge in [0.25, 0.3) is 0 Å². The molecule has 0 aliphatic heterocycles. The first-order valence-corrected chi connectivity index (χ1v) is 4.89. The highest BCUT2D eigenvalue weighted by molar-refractivity contribution is 5.21. The molecule has 0 saturated carbocycles. The zero-order valence-electron chi connectivity index (χ0n) is 8.33. The molecule has 2 nitrogen and oxygen atoms in total. The summed E-state index contributed by atoms with van der Waals surface area (Å²) in [7, 11) is 0. The summed E-state index contributed by atoms with van der Waals surface area (Å²) in [5.74, 6) is 0. The predicted octanol–water partition coefficient (Wildman–Crippen LogP) is 2.55. The van der Waals surface area contributed by atoms with E-state index in [-0.39, 0.29) is 0 Å². The van der Waals surface area contributed by atoms with E-state index in [0.29, 0.717) is 0 Å². The monoisotopic (exact) mass is 176 g/mol. The van der Waals surface area contributed by atoms with Crippen molar-refractivity contribution in [3.8, 4) is 0 Å². The van der Waals surface area contributed by atoms with Crippen LogP contribution in [0.5, 0.6) is 0 Å². The lowest BCUT2D eigenvalue weighted by Crippen LogP contribution is -1.95. The maximum Gasteiger partial charge on any atom is 0.115 e. The molecular formula is C11H16N2. The summed E-state index contributed by atoms with van der Waals surface area (Å²) in [6, 6.07) is 0. The molecule has 1 aromatic heterocycles. The Balaban J connectivity index is 0.000000396. The van der Waals surface area contributed by atoms with Gasteiger partial charge in [-0.2, -0.15) is 0 Å². The van der Waals surface area contributed by atoms with Crippen molar-refractivity contribution >= 4 is 0 Å². The van der Waals surface area contributed by atoms with Crippen LogP contribution in [0.15, 0.2) is 24.7 Å². The maximum absolute atomic E-state index is 4.22. The van der Waals surface area contributed by atoms with Gasteiger partial charge in [-0.15, -0.1) is 0 Å². The summed E-state index contributed by atoms with van der Waals surface area (Å²) < 4.78 is 0. The first kappa shape index (κ1) is 9.90. The van der Waals surface area contributed by atoms with Gasteiger partial charge in [0, 0.05) is 12.6 Å². The van der Waals surface area contributed by atoms with Gasteiger partial charge in [-0.3, -0.25) is 0 Å². The number of aryl methyl sites for hydroxylation is 1. The molecule has 0 spiro atoms. The molecule has 70 valence electrons. The van der Waals surface area contributed by atoms with Gasteiger partial charge >= 0.3 is 0 Å². The summed E-state index contributed by atoms with van der Waals surface area (Å²) in [6.07, 6.45) is 11.1. The molecule has 1 aliphatic carbocycles. The van der Waals surface area contributed by atoms with E-state index in [1.54, 1.807) is 6.33 Å². The van der Waals surface area contributed by atoms with Crippen LogP contribution in [-0.2, 0) is 12.8 Å². The average Bonchev–Trinajstić information content (AvgIpc) is 2.45. The van der Waals surface area contributed by atoms with E-state index < -0.39 is 0 Å². The van der Waals surface area contributed by atoms with Crippen molar-refractivity contribution in [2.75, 3.05) is 0 Å². The van der Waals surface area contributed by atoms with Crippen molar-refractivity contribution in [3.63, 3.8) is 0 Å². The van der Waals surface area contributed by atoms with Crippen molar-refractivity contribution in [1.82, 2.24) is 9.97 Å². The highest BCUT2D eigenvalue weighted by atomic mass is 14.8. The van der Waals surface area contributed by atoms with Crippen molar-refractivity contribution in [2.24, 2.45) is 0 Å². The van der Waals surface area contributed by atoms with Crippen LogP contribution in [0.4, 0.5) is 0 Å². The van der Waals surface area contributed by atoms with E-state index in [9.17, 15) is 0 Å². The molecule has 2 heteroatoms. The molecule has 0 N–H and O–H groups in total. The lowest BCUT2D eigenvalue weighted by atomic mass is 10.1. The normalized spacial score (nSPS) is 13.7. The Morgan fingerprint density at radius 2 is 2.08 bits per heavy atom. The van der Waals surface area contributed by atoms with Gasteiger partial charge in [0.2, 0.25) is 0 Å². The average molecular weight is 176 g/mol. The molecule has 0 bridgehead atoms. The molecule has 0 radical (unpaired) electrons. The van der Waals surface area contributed by atoms with Gasteiger partial charge < -0.3 is 0 Å². The fraction of sp³-hybridized carbons (Fsp3) is 0.455. The second-order valence-corrected chi connectivity index (χ2v) is 2.71. The number of aromatic nitrogens is 2. The minimum Gasteiger partial charge on any atom is -0.245 e. The highest BCUT2D eigenvalue weighted by Crippen LogP contribution is 2.11. The van der Waals surface area contributed by atoms with Crippen LogP contribution in [0.25, 0.3) is 0 Å². The van der Waals surface area contributed by atoms with Crippen molar-refractivity contribution < 1.29 is 0 Å². The molecule has 1 heterocycles. The number of hydrogen-bond donors (Lipinski definition) is 0. The molecule has 0 saturated heterocycles. The van der Waals surface area contributed by atoms with Gasteiger partial charge in [0.05, 0.1) is 5.69 Å². The Hall–Kier alpha value is -1.18. The number of hydrogen-bond acceptors (Lipinski definition) is 2. The van der Waals surface area contributed by atoms with Gasteiger partial charge in [0.1, 0.15) is 6.33 Å². The summed E-state index contributed by atoms with van der Waals surface area (Å²) in [6.45, 7) is 4.00. The topological polar surface area (TPSA) is 25.8 Å². The number of nitrogens with zero attached hydrogens (tertiary/aromatic N) is 2.